The van der Waals surface area contributed by atoms with Crippen LogP contribution in [0.25, 0.3) is 28.2 Å². The van der Waals surface area contributed by atoms with Gasteiger partial charge in [-0.15, -0.1) is 0 Å². The van der Waals surface area contributed by atoms with Gasteiger partial charge in [-0.25, -0.2) is 4.79 Å². The first-order valence-corrected chi connectivity index (χ1v) is 9.11. The highest BCUT2D eigenvalue weighted by Gasteiger charge is 2.23. The molecule has 27 heavy (non-hydrogen) atoms. The first-order valence-electron chi connectivity index (χ1n) is 9.11. The van der Waals surface area contributed by atoms with E-state index in [-0.39, 0.29) is 11.2 Å². The van der Waals surface area contributed by atoms with E-state index in [0.29, 0.717) is 16.9 Å². The van der Waals surface area contributed by atoms with Gasteiger partial charge in [0.1, 0.15) is 0 Å². The average Bonchev–Trinajstić information content (AvgIpc) is 3.16. The molecule has 140 valence electrons. The zero-order valence-corrected chi connectivity index (χ0v) is 16.3. The van der Waals surface area contributed by atoms with Gasteiger partial charge in [-0.3, -0.25) is 18.3 Å². The lowest BCUT2D eigenvalue weighted by Crippen LogP contribution is -2.37. The fourth-order valence-corrected chi connectivity index (χ4v) is 3.80. The Balaban J connectivity index is 2.20. The van der Waals surface area contributed by atoms with Crippen LogP contribution in [-0.4, -0.2) is 23.1 Å². The van der Waals surface area contributed by atoms with E-state index >= 15 is 0 Å². The third-order valence-electron chi connectivity index (χ3n) is 5.20. The maximum Gasteiger partial charge on any atom is 0.332 e. The fraction of sp³-hybridized carbons (Fsp3) is 0.350. The summed E-state index contributed by atoms with van der Waals surface area (Å²) in [5.74, 6) is 0.693. The molecule has 7 heteroatoms. The van der Waals surface area contributed by atoms with Crippen molar-refractivity contribution in [3.8, 4) is 11.3 Å². The van der Waals surface area contributed by atoms with Crippen molar-refractivity contribution < 1.29 is 0 Å². The van der Waals surface area contributed by atoms with Gasteiger partial charge < -0.3 is 4.57 Å². The molecular weight excluding hydrogens is 342 g/mol. The molecule has 0 bridgehead atoms. The first-order chi connectivity index (χ1) is 12.9. The Kier molecular flexibility index (Phi) is 3.83. The molecular formula is C20H23N5O2. The Morgan fingerprint density at radius 2 is 1.67 bits per heavy atom. The zero-order chi connectivity index (χ0) is 19.5. The second-order valence-corrected chi connectivity index (χ2v) is 7.08. The van der Waals surface area contributed by atoms with Gasteiger partial charge in [-0.2, -0.15) is 4.98 Å². The van der Waals surface area contributed by atoms with Crippen LogP contribution in [0.15, 0.2) is 33.9 Å². The lowest BCUT2D eigenvalue weighted by atomic mass is 10.1. The van der Waals surface area contributed by atoms with Crippen LogP contribution < -0.4 is 11.2 Å². The second-order valence-electron chi connectivity index (χ2n) is 7.08. The van der Waals surface area contributed by atoms with E-state index in [4.69, 9.17) is 4.98 Å². The van der Waals surface area contributed by atoms with Gasteiger partial charge in [0.25, 0.3) is 5.56 Å². The van der Waals surface area contributed by atoms with Gasteiger partial charge in [0.2, 0.25) is 5.78 Å². The van der Waals surface area contributed by atoms with E-state index in [1.54, 1.807) is 7.05 Å². The molecule has 3 aromatic heterocycles. The van der Waals surface area contributed by atoms with E-state index in [0.717, 1.165) is 34.5 Å². The molecule has 0 fully saturated rings. The van der Waals surface area contributed by atoms with Crippen molar-refractivity contribution in [1.82, 2.24) is 23.1 Å². The van der Waals surface area contributed by atoms with Crippen LogP contribution in [0.1, 0.15) is 24.6 Å². The van der Waals surface area contributed by atoms with Crippen LogP contribution in [0.5, 0.6) is 0 Å². The maximum atomic E-state index is 12.9. The summed E-state index contributed by atoms with van der Waals surface area (Å²) < 4.78 is 6.61. The lowest BCUT2D eigenvalue weighted by Gasteiger charge is -2.09. The number of aryl methyl sites for hydroxylation is 4. The summed E-state index contributed by atoms with van der Waals surface area (Å²) in [5, 5.41) is 0. The summed E-state index contributed by atoms with van der Waals surface area (Å²) in [7, 11) is 3.15. The summed E-state index contributed by atoms with van der Waals surface area (Å²) in [6, 6.07) is 8.36. The molecule has 0 spiro atoms. The molecule has 7 nitrogen and oxygen atoms in total. The summed E-state index contributed by atoms with van der Waals surface area (Å²) in [5.41, 5.74) is 4.45. The predicted molar refractivity (Wildman–Crippen MR) is 106 cm³/mol. The number of hydrogen-bond donors (Lipinski definition) is 0. The van der Waals surface area contributed by atoms with Gasteiger partial charge >= 0.3 is 5.69 Å². The maximum absolute atomic E-state index is 12.9. The Hall–Kier alpha value is -3.09. The molecule has 0 amide bonds. The third-order valence-corrected chi connectivity index (χ3v) is 5.20. The minimum Gasteiger partial charge on any atom is -0.309 e. The van der Waals surface area contributed by atoms with Gasteiger partial charge in [0, 0.05) is 31.9 Å². The van der Waals surface area contributed by atoms with Crippen molar-refractivity contribution in [2.45, 2.75) is 33.7 Å². The Bertz CT molecular complexity index is 1300. The number of imidazole rings is 2. The van der Waals surface area contributed by atoms with Crippen LogP contribution in [0, 0.1) is 13.8 Å². The minimum atomic E-state index is -0.369. The standard InChI is InChI=1S/C20H23N5O2/c1-6-11-24-15(14-9-7-12(2)8-10-14)13(3)25-16-17(21-19(24)25)22(4)20(27)23(5)18(16)26/h7-10H,6,11H2,1-5H3. The van der Waals surface area contributed by atoms with Crippen molar-refractivity contribution in [2.75, 3.05) is 0 Å². The van der Waals surface area contributed by atoms with Crippen molar-refractivity contribution in [3.63, 3.8) is 0 Å². The fourth-order valence-electron chi connectivity index (χ4n) is 3.80. The first kappa shape index (κ1) is 17.3. The zero-order valence-electron chi connectivity index (χ0n) is 16.3. The van der Waals surface area contributed by atoms with E-state index in [1.807, 2.05) is 11.3 Å². The lowest BCUT2D eigenvalue weighted by molar-refractivity contribution is 0.697. The van der Waals surface area contributed by atoms with Crippen molar-refractivity contribution in [3.05, 3.63) is 56.4 Å². The summed E-state index contributed by atoms with van der Waals surface area (Å²) in [4.78, 5) is 29.9. The minimum absolute atomic E-state index is 0.326. The highest BCUT2D eigenvalue weighted by molar-refractivity contribution is 5.79. The molecule has 0 saturated carbocycles. The Labute approximate surface area is 156 Å². The number of hydrogen-bond acceptors (Lipinski definition) is 3. The summed E-state index contributed by atoms with van der Waals surface area (Å²) in [6.07, 6.45) is 0.933. The number of rotatable bonds is 3. The largest absolute Gasteiger partial charge is 0.332 e. The topological polar surface area (TPSA) is 66.2 Å². The van der Waals surface area contributed by atoms with Gasteiger partial charge in [-0.05, 0) is 20.3 Å². The molecule has 0 saturated heterocycles. The van der Waals surface area contributed by atoms with E-state index < -0.39 is 0 Å². The van der Waals surface area contributed by atoms with Crippen molar-refractivity contribution >= 4 is 16.9 Å². The third kappa shape index (κ3) is 2.31. The number of nitrogens with zero attached hydrogens (tertiary/aromatic N) is 5. The molecule has 3 heterocycles. The molecule has 0 aliphatic rings. The summed E-state index contributed by atoms with van der Waals surface area (Å²) >= 11 is 0. The summed E-state index contributed by atoms with van der Waals surface area (Å²) in [6.45, 7) is 6.95. The van der Waals surface area contributed by atoms with E-state index in [1.165, 1.54) is 17.2 Å². The second kappa shape index (κ2) is 5.97. The molecule has 0 atom stereocenters. The highest BCUT2D eigenvalue weighted by Crippen LogP contribution is 2.30. The monoisotopic (exact) mass is 365 g/mol. The smallest absolute Gasteiger partial charge is 0.309 e. The molecule has 0 radical (unpaired) electrons. The molecule has 4 aromatic rings. The molecule has 0 N–H and O–H groups in total. The van der Waals surface area contributed by atoms with Gasteiger partial charge in [-0.1, -0.05) is 36.8 Å². The normalized spacial score (nSPS) is 11.7. The van der Waals surface area contributed by atoms with Gasteiger partial charge in [0.15, 0.2) is 11.2 Å². The van der Waals surface area contributed by atoms with E-state index in [9.17, 15) is 9.59 Å². The van der Waals surface area contributed by atoms with Crippen LogP contribution >= 0.6 is 0 Å². The predicted octanol–water partition coefficient (Wildman–Crippen LogP) is 2.38. The molecule has 0 aliphatic heterocycles. The molecule has 0 unspecified atom stereocenters. The highest BCUT2D eigenvalue weighted by atomic mass is 16.2. The number of aromatic nitrogens is 5. The SMILES string of the molecule is CCCn1c(-c2ccc(C)cc2)c(C)n2c3c(=O)n(C)c(=O)n(C)c3nc12. The van der Waals surface area contributed by atoms with Crippen LogP contribution in [0.3, 0.4) is 0 Å². The number of fused-ring (bicyclic) bond motifs is 3. The molecule has 0 aliphatic carbocycles. The van der Waals surface area contributed by atoms with Gasteiger partial charge in [0.05, 0.1) is 5.69 Å². The quantitative estimate of drug-likeness (QED) is 0.560. The Morgan fingerprint density at radius 1 is 1.00 bits per heavy atom. The van der Waals surface area contributed by atoms with E-state index in [2.05, 4.69) is 42.7 Å². The molecule has 4 rings (SSSR count). The van der Waals surface area contributed by atoms with Crippen LogP contribution in [-0.2, 0) is 20.6 Å². The number of benzene rings is 1. The molecule has 1 aromatic carbocycles. The Morgan fingerprint density at radius 3 is 2.30 bits per heavy atom. The average molecular weight is 365 g/mol. The van der Waals surface area contributed by atoms with Crippen molar-refractivity contribution in [1.29, 1.82) is 0 Å². The van der Waals surface area contributed by atoms with Crippen LogP contribution in [0.2, 0.25) is 0 Å². The van der Waals surface area contributed by atoms with Crippen molar-refractivity contribution in [2.24, 2.45) is 14.1 Å². The van der Waals surface area contributed by atoms with Crippen LogP contribution in [0.4, 0.5) is 0 Å².